The van der Waals surface area contributed by atoms with Crippen LogP contribution in [0.3, 0.4) is 0 Å². The largest absolute Gasteiger partial charge is 1.00 e. The fourth-order valence-electron chi connectivity index (χ4n) is 1.60. The van der Waals surface area contributed by atoms with Gasteiger partial charge in [-0.1, -0.05) is 18.7 Å². The number of para-hydroxylation sites is 2. The van der Waals surface area contributed by atoms with Crippen LogP contribution in [0.5, 0.6) is 16.6 Å². The molecule has 0 fully saturated rings. The molecule has 106 valence electrons. The first-order chi connectivity index (χ1) is 9.70. The molecule has 1 heterocycles. The molecule has 0 saturated carbocycles. The number of hydrogen-bond acceptors (Lipinski definition) is 4. The van der Waals surface area contributed by atoms with Gasteiger partial charge in [0, 0.05) is 0 Å². The van der Waals surface area contributed by atoms with Crippen LogP contribution in [0, 0.1) is 0 Å². The molecular weight excluding hydrogens is 313 g/mol. The van der Waals surface area contributed by atoms with Crippen molar-refractivity contribution in [2.75, 3.05) is 13.6 Å². The zero-order valence-corrected chi connectivity index (χ0v) is 16.3. The SMILES string of the molecule is C[N-]CC(=O)C(C)Oc1ccccc1Oc1cccs1.[K+]. The standard InChI is InChI=1S/C15H16NO3S.K/c1-11(12(17)10-16-2)18-13-6-3-4-7-14(13)19-15-8-5-9-20-15;/h3-9,11H,10H2,1-2H3;/q-1;+1. The van der Waals surface area contributed by atoms with E-state index in [2.05, 4.69) is 5.32 Å². The number of carbonyl (C=O) groups excluding carboxylic acids is 1. The topological polar surface area (TPSA) is 49.6 Å². The van der Waals surface area contributed by atoms with E-state index in [4.69, 9.17) is 9.47 Å². The third-order valence-corrected chi connectivity index (χ3v) is 3.37. The van der Waals surface area contributed by atoms with Gasteiger partial charge in [0.25, 0.3) is 0 Å². The Bertz CT molecular complexity index is 560. The molecule has 0 aliphatic heterocycles. The zero-order valence-electron chi connectivity index (χ0n) is 12.4. The number of carbonyl (C=O) groups is 1. The number of benzene rings is 1. The molecule has 1 aromatic heterocycles. The van der Waals surface area contributed by atoms with Gasteiger partial charge in [-0.15, -0.1) is 11.3 Å². The van der Waals surface area contributed by atoms with Crippen LogP contribution in [0.1, 0.15) is 6.92 Å². The second-order valence-electron chi connectivity index (χ2n) is 4.18. The van der Waals surface area contributed by atoms with Crippen molar-refractivity contribution in [3.05, 3.63) is 47.1 Å². The van der Waals surface area contributed by atoms with Crippen LogP contribution in [-0.2, 0) is 4.79 Å². The van der Waals surface area contributed by atoms with Gasteiger partial charge in [-0.2, -0.15) is 7.05 Å². The Balaban J connectivity index is 0.00000220. The van der Waals surface area contributed by atoms with E-state index in [0.717, 1.165) is 5.06 Å². The van der Waals surface area contributed by atoms with Crippen molar-refractivity contribution in [3.8, 4) is 16.6 Å². The quantitative estimate of drug-likeness (QED) is 0.709. The van der Waals surface area contributed by atoms with Crippen LogP contribution in [0.4, 0.5) is 0 Å². The van der Waals surface area contributed by atoms with Crippen LogP contribution in [0.2, 0.25) is 0 Å². The van der Waals surface area contributed by atoms with Crippen molar-refractivity contribution in [1.82, 2.24) is 0 Å². The fraction of sp³-hybridized carbons (Fsp3) is 0.267. The second kappa shape index (κ2) is 9.73. The molecule has 2 rings (SSSR count). The van der Waals surface area contributed by atoms with Crippen LogP contribution in [-0.4, -0.2) is 25.5 Å². The Morgan fingerprint density at radius 1 is 1.24 bits per heavy atom. The van der Waals surface area contributed by atoms with Gasteiger partial charge in [0.2, 0.25) is 0 Å². The molecule has 6 heteroatoms. The van der Waals surface area contributed by atoms with Crippen molar-refractivity contribution in [3.63, 3.8) is 0 Å². The third-order valence-electron chi connectivity index (χ3n) is 2.63. The van der Waals surface area contributed by atoms with Gasteiger partial charge in [-0.25, -0.2) is 0 Å². The predicted octanol–water partition coefficient (Wildman–Crippen LogP) is 0.884. The number of ketones is 1. The summed E-state index contributed by atoms with van der Waals surface area (Å²) >= 11 is 1.50. The maximum absolute atomic E-state index is 11.7. The van der Waals surface area contributed by atoms with E-state index in [1.165, 1.54) is 11.3 Å². The summed E-state index contributed by atoms with van der Waals surface area (Å²) in [7, 11) is 1.61. The van der Waals surface area contributed by atoms with Crippen LogP contribution in [0.25, 0.3) is 5.32 Å². The Hall–Kier alpha value is -0.214. The molecule has 0 spiro atoms. The number of Topliss-reactive ketones (excluding diaryl/α,β-unsaturated/α-hetero) is 1. The van der Waals surface area contributed by atoms with Gasteiger partial charge in [0.05, 0.1) is 0 Å². The van der Waals surface area contributed by atoms with Crippen molar-refractivity contribution < 1.29 is 65.7 Å². The van der Waals surface area contributed by atoms with Crippen LogP contribution >= 0.6 is 11.3 Å². The number of hydrogen-bond donors (Lipinski definition) is 0. The molecule has 0 bridgehead atoms. The first kappa shape index (κ1) is 18.8. The molecule has 1 unspecified atom stereocenters. The number of likely N-dealkylation sites (N-methyl/N-ethyl adjacent to an activating group) is 1. The van der Waals surface area contributed by atoms with E-state index in [1.54, 1.807) is 20.0 Å². The molecule has 0 aliphatic rings. The molecular formula is C15H16KNO3S. The maximum Gasteiger partial charge on any atom is 1.00 e. The van der Waals surface area contributed by atoms with Crippen molar-refractivity contribution in [1.29, 1.82) is 0 Å². The maximum atomic E-state index is 11.7. The zero-order chi connectivity index (χ0) is 14.4. The smallest absolute Gasteiger partial charge is 0.659 e. The van der Waals surface area contributed by atoms with Crippen molar-refractivity contribution in [2.24, 2.45) is 0 Å². The molecule has 0 radical (unpaired) electrons. The summed E-state index contributed by atoms with van der Waals surface area (Å²) < 4.78 is 11.4. The minimum Gasteiger partial charge on any atom is -0.659 e. The van der Waals surface area contributed by atoms with Gasteiger partial charge < -0.3 is 14.8 Å². The first-order valence-corrected chi connectivity index (χ1v) is 7.14. The summed E-state index contributed by atoms with van der Waals surface area (Å²) in [4.78, 5) is 11.7. The number of rotatable bonds is 7. The van der Waals surface area contributed by atoms with Gasteiger partial charge in [-0.3, -0.25) is 4.79 Å². The Morgan fingerprint density at radius 2 is 1.95 bits per heavy atom. The molecule has 0 amide bonds. The Morgan fingerprint density at radius 3 is 2.57 bits per heavy atom. The summed E-state index contributed by atoms with van der Waals surface area (Å²) in [6, 6.07) is 11.1. The summed E-state index contributed by atoms with van der Waals surface area (Å²) in [5.41, 5.74) is 0. The van der Waals surface area contributed by atoms with Crippen molar-refractivity contribution >= 4 is 17.1 Å². The average molecular weight is 329 g/mol. The van der Waals surface area contributed by atoms with Crippen LogP contribution < -0.4 is 60.9 Å². The van der Waals surface area contributed by atoms with E-state index in [0.29, 0.717) is 11.5 Å². The van der Waals surface area contributed by atoms with Gasteiger partial charge >= 0.3 is 51.4 Å². The van der Waals surface area contributed by atoms with Gasteiger partial charge in [0.15, 0.2) is 28.4 Å². The Kier molecular flexibility index (Phi) is 8.73. The number of thiophene rings is 1. The molecule has 21 heavy (non-hydrogen) atoms. The van der Waals surface area contributed by atoms with E-state index >= 15 is 0 Å². The molecule has 1 atom stereocenters. The monoisotopic (exact) mass is 329 g/mol. The minimum atomic E-state index is -0.549. The normalized spacial score (nSPS) is 11.3. The third kappa shape index (κ3) is 5.82. The molecule has 0 saturated heterocycles. The first-order valence-electron chi connectivity index (χ1n) is 6.26. The number of nitrogens with zero attached hydrogens (tertiary/aromatic N) is 1. The van der Waals surface area contributed by atoms with Gasteiger partial charge in [0.1, 0.15) is 0 Å². The van der Waals surface area contributed by atoms with Crippen molar-refractivity contribution in [2.45, 2.75) is 13.0 Å². The summed E-state index contributed by atoms with van der Waals surface area (Å²) in [6.45, 7) is 1.88. The molecule has 0 N–H and O–H groups in total. The second-order valence-corrected chi connectivity index (χ2v) is 5.09. The molecule has 2 aromatic rings. The van der Waals surface area contributed by atoms with E-state index in [1.807, 2.05) is 35.7 Å². The Labute approximate surface area is 171 Å². The molecule has 4 nitrogen and oxygen atoms in total. The summed E-state index contributed by atoms with van der Waals surface area (Å²) in [5.74, 6) is 1.10. The summed E-state index contributed by atoms with van der Waals surface area (Å²) in [5, 5.41) is 6.54. The van der Waals surface area contributed by atoms with E-state index < -0.39 is 6.10 Å². The fourth-order valence-corrected chi connectivity index (χ4v) is 2.19. The molecule has 0 aliphatic carbocycles. The van der Waals surface area contributed by atoms with E-state index in [9.17, 15) is 4.79 Å². The van der Waals surface area contributed by atoms with E-state index in [-0.39, 0.29) is 63.7 Å². The predicted molar refractivity (Wildman–Crippen MR) is 80.1 cm³/mol. The number of ether oxygens (including phenoxy) is 2. The minimum absolute atomic E-state index is 0. The van der Waals surface area contributed by atoms with Crippen LogP contribution in [0.15, 0.2) is 41.8 Å². The summed E-state index contributed by atoms with van der Waals surface area (Å²) in [6.07, 6.45) is -0.549. The average Bonchev–Trinajstić information content (AvgIpc) is 2.94. The molecule has 1 aromatic carbocycles. The van der Waals surface area contributed by atoms with Gasteiger partial charge in [-0.05, 0) is 36.6 Å².